The van der Waals surface area contributed by atoms with E-state index in [0.29, 0.717) is 12.0 Å². The summed E-state index contributed by atoms with van der Waals surface area (Å²) in [6.45, 7) is 6.07. The second-order valence-corrected chi connectivity index (χ2v) is 4.97. The second kappa shape index (κ2) is 6.41. The van der Waals surface area contributed by atoms with Crippen LogP contribution in [0.4, 0.5) is 0 Å². The quantitative estimate of drug-likeness (QED) is 0.667. The maximum atomic E-state index is 6.12. The Morgan fingerprint density at radius 1 is 1.29 bits per heavy atom. The molecular weight excluding hydrogens is 174 g/mol. The summed E-state index contributed by atoms with van der Waals surface area (Å²) in [5, 5.41) is 0. The van der Waals surface area contributed by atoms with E-state index in [4.69, 9.17) is 10.5 Å². The monoisotopic (exact) mass is 199 g/mol. The highest BCUT2D eigenvalue weighted by Crippen LogP contribution is 2.27. The van der Waals surface area contributed by atoms with Crippen molar-refractivity contribution in [1.29, 1.82) is 0 Å². The molecule has 0 bridgehead atoms. The number of rotatable bonds is 6. The Kier molecular flexibility index (Phi) is 5.49. The summed E-state index contributed by atoms with van der Waals surface area (Å²) in [5.74, 6) is 1.41. The van der Waals surface area contributed by atoms with Gasteiger partial charge in [0.2, 0.25) is 0 Å². The molecule has 0 amide bonds. The minimum atomic E-state index is 0.379. The van der Waals surface area contributed by atoms with Gasteiger partial charge in [-0.25, -0.2) is 0 Å². The molecule has 84 valence electrons. The van der Waals surface area contributed by atoms with Crippen LogP contribution in [0.25, 0.3) is 0 Å². The lowest BCUT2D eigenvalue weighted by molar-refractivity contribution is 0.0998. The minimum absolute atomic E-state index is 0.379. The van der Waals surface area contributed by atoms with Gasteiger partial charge in [0.1, 0.15) is 0 Å². The van der Waals surface area contributed by atoms with Crippen molar-refractivity contribution in [2.45, 2.75) is 52.0 Å². The van der Waals surface area contributed by atoms with Crippen LogP contribution in [0.1, 0.15) is 46.0 Å². The van der Waals surface area contributed by atoms with E-state index in [-0.39, 0.29) is 0 Å². The van der Waals surface area contributed by atoms with Gasteiger partial charge >= 0.3 is 0 Å². The molecule has 1 aliphatic carbocycles. The molecule has 0 aromatic carbocycles. The van der Waals surface area contributed by atoms with Gasteiger partial charge in [-0.3, -0.25) is 0 Å². The molecule has 1 saturated carbocycles. The number of nitrogens with two attached hydrogens (primary N) is 1. The normalized spacial score (nSPS) is 20.6. The van der Waals surface area contributed by atoms with Crippen molar-refractivity contribution in [3.05, 3.63) is 0 Å². The Bertz CT molecular complexity index is 141. The van der Waals surface area contributed by atoms with Crippen LogP contribution >= 0.6 is 0 Å². The first kappa shape index (κ1) is 12.0. The first-order chi connectivity index (χ1) is 6.70. The topological polar surface area (TPSA) is 35.2 Å². The Morgan fingerprint density at radius 3 is 2.50 bits per heavy atom. The first-order valence-corrected chi connectivity index (χ1v) is 6.03. The highest BCUT2D eigenvalue weighted by atomic mass is 16.5. The molecule has 1 atom stereocenters. The van der Waals surface area contributed by atoms with Crippen LogP contribution < -0.4 is 5.73 Å². The standard InChI is InChI=1S/C12H25NO/c1-10(2)9-14-8-7-12(13)11-5-3-4-6-11/h10-12H,3-9,13H2,1-2H3. The van der Waals surface area contributed by atoms with E-state index >= 15 is 0 Å². The molecule has 0 heterocycles. The second-order valence-electron chi connectivity index (χ2n) is 4.97. The van der Waals surface area contributed by atoms with Crippen LogP contribution in [-0.2, 0) is 4.74 Å². The lowest BCUT2D eigenvalue weighted by atomic mass is 9.97. The van der Waals surface area contributed by atoms with Gasteiger partial charge in [0, 0.05) is 19.3 Å². The molecule has 1 fully saturated rings. The van der Waals surface area contributed by atoms with Crippen LogP contribution in [0.2, 0.25) is 0 Å². The van der Waals surface area contributed by atoms with Gasteiger partial charge in [-0.1, -0.05) is 26.7 Å². The Morgan fingerprint density at radius 2 is 1.93 bits per heavy atom. The molecule has 0 saturated heterocycles. The van der Waals surface area contributed by atoms with Crippen molar-refractivity contribution in [1.82, 2.24) is 0 Å². The smallest absolute Gasteiger partial charge is 0.0489 e. The fourth-order valence-electron chi connectivity index (χ4n) is 2.16. The largest absolute Gasteiger partial charge is 0.381 e. The average Bonchev–Trinajstić information content (AvgIpc) is 2.64. The predicted octanol–water partition coefficient (Wildman–Crippen LogP) is 2.57. The maximum Gasteiger partial charge on any atom is 0.0489 e. The van der Waals surface area contributed by atoms with E-state index in [1.807, 2.05) is 0 Å². The molecule has 0 spiro atoms. The third-order valence-electron chi connectivity index (χ3n) is 3.05. The Labute approximate surface area is 88.2 Å². The summed E-state index contributed by atoms with van der Waals surface area (Å²) in [7, 11) is 0. The van der Waals surface area contributed by atoms with Gasteiger partial charge in [0.15, 0.2) is 0 Å². The number of hydrogen-bond acceptors (Lipinski definition) is 2. The van der Waals surface area contributed by atoms with E-state index in [0.717, 1.165) is 25.6 Å². The number of ether oxygens (including phenoxy) is 1. The van der Waals surface area contributed by atoms with Crippen molar-refractivity contribution in [3.63, 3.8) is 0 Å². The summed E-state index contributed by atoms with van der Waals surface area (Å²) in [6.07, 6.45) is 6.48. The molecule has 2 heteroatoms. The molecule has 1 aliphatic rings. The van der Waals surface area contributed by atoms with Gasteiger partial charge in [0.05, 0.1) is 0 Å². The summed E-state index contributed by atoms with van der Waals surface area (Å²) in [6, 6.07) is 0.379. The van der Waals surface area contributed by atoms with Gasteiger partial charge < -0.3 is 10.5 Å². The van der Waals surface area contributed by atoms with E-state index in [9.17, 15) is 0 Å². The molecule has 0 aliphatic heterocycles. The zero-order chi connectivity index (χ0) is 10.4. The van der Waals surface area contributed by atoms with Crippen LogP contribution in [0, 0.1) is 11.8 Å². The van der Waals surface area contributed by atoms with E-state index < -0.39 is 0 Å². The predicted molar refractivity (Wildman–Crippen MR) is 60.2 cm³/mol. The fraction of sp³-hybridized carbons (Fsp3) is 1.00. The lowest BCUT2D eigenvalue weighted by Gasteiger charge is -2.18. The Balaban J connectivity index is 1.99. The van der Waals surface area contributed by atoms with Gasteiger partial charge in [-0.2, -0.15) is 0 Å². The average molecular weight is 199 g/mol. The molecule has 2 nitrogen and oxygen atoms in total. The van der Waals surface area contributed by atoms with Crippen LogP contribution in [0.5, 0.6) is 0 Å². The van der Waals surface area contributed by atoms with Crippen molar-refractivity contribution < 1.29 is 4.74 Å². The highest BCUT2D eigenvalue weighted by molar-refractivity contribution is 4.77. The fourth-order valence-corrected chi connectivity index (χ4v) is 2.16. The first-order valence-electron chi connectivity index (χ1n) is 6.03. The maximum absolute atomic E-state index is 6.12. The highest BCUT2D eigenvalue weighted by Gasteiger charge is 2.21. The van der Waals surface area contributed by atoms with Crippen molar-refractivity contribution in [2.24, 2.45) is 17.6 Å². The summed E-state index contributed by atoms with van der Waals surface area (Å²) in [5.41, 5.74) is 6.12. The molecule has 1 unspecified atom stereocenters. The molecule has 0 aromatic heterocycles. The van der Waals surface area contributed by atoms with Gasteiger partial charge in [-0.05, 0) is 31.1 Å². The van der Waals surface area contributed by atoms with Crippen molar-refractivity contribution in [2.75, 3.05) is 13.2 Å². The van der Waals surface area contributed by atoms with E-state index in [1.54, 1.807) is 0 Å². The minimum Gasteiger partial charge on any atom is -0.381 e. The third-order valence-corrected chi connectivity index (χ3v) is 3.05. The van der Waals surface area contributed by atoms with Crippen LogP contribution in [0.15, 0.2) is 0 Å². The third kappa shape index (κ3) is 4.43. The van der Waals surface area contributed by atoms with Gasteiger partial charge in [-0.15, -0.1) is 0 Å². The molecule has 1 rings (SSSR count). The summed E-state index contributed by atoms with van der Waals surface area (Å²) >= 11 is 0. The van der Waals surface area contributed by atoms with Crippen molar-refractivity contribution in [3.8, 4) is 0 Å². The summed E-state index contributed by atoms with van der Waals surface area (Å²) < 4.78 is 5.55. The molecule has 14 heavy (non-hydrogen) atoms. The lowest BCUT2D eigenvalue weighted by Crippen LogP contribution is -2.29. The number of hydrogen-bond donors (Lipinski definition) is 1. The molecule has 0 aromatic rings. The van der Waals surface area contributed by atoms with E-state index in [1.165, 1.54) is 25.7 Å². The van der Waals surface area contributed by atoms with Gasteiger partial charge in [0.25, 0.3) is 0 Å². The molecule has 2 N–H and O–H groups in total. The molecule has 0 radical (unpaired) electrons. The SMILES string of the molecule is CC(C)COCCC(N)C1CCCC1. The van der Waals surface area contributed by atoms with Crippen LogP contribution in [-0.4, -0.2) is 19.3 Å². The van der Waals surface area contributed by atoms with Crippen molar-refractivity contribution >= 4 is 0 Å². The zero-order valence-corrected chi connectivity index (χ0v) is 9.67. The zero-order valence-electron chi connectivity index (χ0n) is 9.67. The Hall–Kier alpha value is -0.0800. The summed E-state index contributed by atoms with van der Waals surface area (Å²) in [4.78, 5) is 0. The van der Waals surface area contributed by atoms with Crippen LogP contribution in [0.3, 0.4) is 0 Å². The molecular formula is C12H25NO. The van der Waals surface area contributed by atoms with E-state index in [2.05, 4.69) is 13.8 Å².